The Bertz CT molecular complexity index is 464. The van der Waals surface area contributed by atoms with E-state index in [1.165, 1.54) is 23.9 Å². The van der Waals surface area contributed by atoms with E-state index >= 15 is 0 Å². The lowest BCUT2D eigenvalue weighted by Gasteiger charge is -2.37. The van der Waals surface area contributed by atoms with Crippen LogP contribution in [0.2, 0.25) is 0 Å². The van der Waals surface area contributed by atoms with Crippen LogP contribution in [0.1, 0.15) is 45.4 Å². The Kier molecular flexibility index (Phi) is 5.02. The van der Waals surface area contributed by atoms with Crippen LogP contribution in [0.25, 0.3) is 0 Å². The average Bonchev–Trinajstić information content (AvgIpc) is 3.19. The topological polar surface area (TPSA) is 73.1 Å². The number of tetrazole rings is 1. The highest BCUT2D eigenvalue weighted by Crippen LogP contribution is 2.28. The van der Waals surface area contributed by atoms with Crippen LogP contribution in [0.4, 0.5) is 0 Å². The number of rotatable bonds is 5. The Labute approximate surface area is 131 Å². The third-order valence-corrected chi connectivity index (χ3v) is 4.86. The Morgan fingerprint density at radius 1 is 1.32 bits per heavy atom. The van der Waals surface area contributed by atoms with E-state index in [4.69, 9.17) is 4.74 Å². The molecule has 0 radical (unpaired) electrons. The molecule has 1 saturated carbocycles. The number of carbonyl (C=O) groups is 1. The summed E-state index contributed by atoms with van der Waals surface area (Å²) in [5.41, 5.74) is 0. The van der Waals surface area contributed by atoms with Crippen LogP contribution < -0.4 is 0 Å². The van der Waals surface area contributed by atoms with Crippen molar-refractivity contribution in [1.82, 2.24) is 25.1 Å². The molecule has 7 heteroatoms. The minimum atomic E-state index is 0.0994. The molecule has 1 atom stereocenters. The molecule has 0 bridgehead atoms. The van der Waals surface area contributed by atoms with Gasteiger partial charge in [0, 0.05) is 19.2 Å². The molecule has 2 heterocycles. The van der Waals surface area contributed by atoms with Gasteiger partial charge in [-0.25, -0.2) is 4.68 Å². The normalized spacial score (nSPS) is 28.7. The van der Waals surface area contributed by atoms with E-state index in [9.17, 15) is 4.79 Å². The summed E-state index contributed by atoms with van der Waals surface area (Å²) in [5.74, 6) is 0.873. The molecule has 1 saturated heterocycles. The first-order valence-corrected chi connectivity index (χ1v) is 8.34. The van der Waals surface area contributed by atoms with E-state index in [1.54, 1.807) is 0 Å². The zero-order valence-corrected chi connectivity index (χ0v) is 13.2. The van der Waals surface area contributed by atoms with Crippen molar-refractivity contribution in [2.45, 2.75) is 64.1 Å². The molecule has 2 fully saturated rings. The van der Waals surface area contributed by atoms with Crippen molar-refractivity contribution < 1.29 is 9.53 Å². The third kappa shape index (κ3) is 3.82. The molecule has 2 aliphatic rings. The van der Waals surface area contributed by atoms with Gasteiger partial charge in [0.2, 0.25) is 5.91 Å². The minimum absolute atomic E-state index is 0.0994. The van der Waals surface area contributed by atoms with Crippen molar-refractivity contribution >= 4 is 5.91 Å². The number of nitrogens with zero attached hydrogens (tertiary/aromatic N) is 5. The molecule has 1 aromatic rings. The molecule has 1 aliphatic heterocycles. The molecule has 122 valence electrons. The fraction of sp³-hybridized carbons (Fsp3) is 0.867. The summed E-state index contributed by atoms with van der Waals surface area (Å²) >= 11 is 0. The second kappa shape index (κ2) is 7.17. The van der Waals surface area contributed by atoms with Crippen LogP contribution >= 0.6 is 0 Å². The second-order valence-corrected chi connectivity index (χ2v) is 6.60. The molecular weight excluding hydrogens is 282 g/mol. The van der Waals surface area contributed by atoms with E-state index in [0.29, 0.717) is 12.6 Å². The number of aromatic nitrogens is 4. The van der Waals surface area contributed by atoms with E-state index in [0.717, 1.165) is 38.2 Å². The first kappa shape index (κ1) is 15.4. The Hall–Kier alpha value is -1.50. The van der Waals surface area contributed by atoms with Gasteiger partial charge in [-0.2, -0.15) is 0 Å². The molecule has 22 heavy (non-hydrogen) atoms. The van der Waals surface area contributed by atoms with Crippen LogP contribution in [-0.4, -0.2) is 56.3 Å². The molecule has 3 rings (SSSR count). The lowest BCUT2D eigenvalue weighted by atomic mass is 9.86. The fourth-order valence-corrected chi connectivity index (χ4v) is 3.50. The highest BCUT2D eigenvalue weighted by atomic mass is 16.5. The Morgan fingerprint density at radius 2 is 2.14 bits per heavy atom. The quantitative estimate of drug-likeness (QED) is 0.819. The number of carbonyl (C=O) groups excluding carboxylic acids is 1. The summed E-state index contributed by atoms with van der Waals surface area (Å²) in [4.78, 5) is 14.8. The zero-order chi connectivity index (χ0) is 15.4. The van der Waals surface area contributed by atoms with Gasteiger partial charge in [0.25, 0.3) is 0 Å². The highest BCUT2D eigenvalue weighted by molar-refractivity contribution is 5.76. The largest absolute Gasteiger partial charge is 0.376 e. The predicted octanol–water partition coefficient (Wildman–Crippen LogP) is 1.26. The zero-order valence-electron chi connectivity index (χ0n) is 13.2. The molecule has 1 aromatic heterocycles. The van der Waals surface area contributed by atoms with Crippen molar-refractivity contribution in [1.29, 1.82) is 0 Å². The summed E-state index contributed by atoms with van der Waals surface area (Å²) in [6, 6.07) is 0.337. The Balaban J connectivity index is 1.65. The van der Waals surface area contributed by atoms with Crippen molar-refractivity contribution in [2.24, 2.45) is 5.92 Å². The van der Waals surface area contributed by atoms with Crippen LogP contribution in [0.3, 0.4) is 0 Å². The number of hydrogen-bond acceptors (Lipinski definition) is 5. The lowest BCUT2D eigenvalue weighted by Crippen LogP contribution is -2.47. The molecular formula is C15H25N5O2. The lowest BCUT2D eigenvalue weighted by molar-refractivity contribution is -0.137. The maximum absolute atomic E-state index is 12.7. The van der Waals surface area contributed by atoms with Crippen molar-refractivity contribution in [3.63, 3.8) is 0 Å². The number of hydrogen-bond donors (Lipinski definition) is 0. The van der Waals surface area contributed by atoms with Crippen LogP contribution in [-0.2, 0) is 16.1 Å². The van der Waals surface area contributed by atoms with Gasteiger partial charge in [-0.1, -0.05) is 6.92 Å². The van der Waals surface area contributed by atoms with Gasteiger partial charge in [-0.05, 0) is 54.9 Å². The summed E-state index contributed by atoms with van der Waals surface area (Å²) in [7, 11) is 0. The minimum Gasteiger partial charge on any atom is -0.376 e. The first-order valence-electron chi connectivity index (χ1n) is 8.34. The van der Waals surface area contributed by atoms with E-state index in [1.807, 2.05) is 4.90 Å². The van der Waals surface area contributed by atoms with E-state index < -0.39 is 0 Å². The maximum atomic E-state index is 12.7. The van der Waals surface area contributed by atoms with Gasteiger partial charge in [-0.3, -0.25) is 4.79 Å². The molecule has 7 nitrogen and oxygen atoms in total. The molecule has 1 amide bonds. The molecule has 1 unspecified atom stereocenters. The van der Waals surface area contributed by atoms with Crippen LogP contribution in [0.5, 0.6) is 0 Å². The van der Waals surface area contributed by atoms with Gasteiger partial charge in [0.1, 0.15) is 12.9 Å². The molecule has 0 aromatic carbocycles. The standard InChI is InChI=1S/C15H25N5O2/c1-12-4-6-13(7-5-12)20(9-14-3-2-8-22-14)15(21)10-19-11-16-17-18-19/h11-14H,2-10H2,1H3. The van der Waals surface area contributed by atoms with Gasteiger partial charge < -0.3 is 9.64 Å². The van der Waals surface area contributed by atoms with E-state index in [2.05, 4.69) is 22.4 Å². The number of ether oxygens (including phenoxy) is 1. The summed E-state index contributed by atoms with van der Waals surface area (Å²) < 4.78 is 7.24. The monoisotopic (exact) mass is 307 g/mol. The molecule has 1 aliphatic carbocycles. The predicted molar refractivity (Wildman–Crippen MR) is 79.9 cm³/mol. The smallest absolute Gasteiger partial charge is 0.244 e. The van der Waals surface area contributed by atoms with Crippen molar-refractivity contribution in [3.05, 3.63) is 6.33 Å². The fourth-order valence-electron chi connectivity index (χ4n) is 3.50. The van der Waals surface area contributed by atoms with Crippen molar-refractivity contribution in [2.75, 3.05) is 13.2 Å². The van der Waals surface area contributed by atoms with Gasteiger partial charge in [0.05, 0.1) is 6.10 Å². The van der Waals surface area contributed by atoms with Crippen LogP contribution in [0.15, 0.2) is 6.33 Å². The number of amides is 1. The first-order chi connectivity index (χ1) is 10.7. The maximum Gasteiger partial charge on any atom is 0.244 e. The summed E-state index contributed by atoms with van der Waals surface area (Å²) in [6.07, 6.45) is 8.42. The summed E-state index contributed by atoms with van der Waals surface area (Å²) in [6.45, 7) is 4.04. The molecule has 0 spiro atoms. The van der Waals surface area contributed by atoms with Gasteiger partial charge in [-0.15, -0.1) is 5.10 Å². The van der Waals surface area contributed by atoms with Gasteiger partial charge in [0.15, 0.2) is 0 Å². The SMILES string of the molecule is CC1CCC(N(CC2CCCO2)C(=O)Cn2cnnn2)CC1. The van der Waals surface area contributed by atoms with Crippen LogP contribution in [0, 0.1) is 5.92 Å². The summed E-state index contributed by atoms with van der Waals surface area (Å²) in [5, 5.41) is 11.0. The average molecular weight is 307 g/mol. The highest BCUT2D eigenvalue weighted by Gasteiger charge is 2.30. The van der Waals surface area contributed by atoms with E-state index in [-0.39, 0.29) is 18.6 Å². The van der Waals surface area contributed by atoms with Gasteiger partial charge >= 0.3 is 0 Å². The third-order valence-electron chi connectivity index (χ3n) is 4.86. The molecule has 0 N–H and O–H groups in total. The Morgan fingerprint density at radius 3 is 2.77 bits per heavy atom. The second-order valence-electron chi connectivity index (χ2n) is 6.60. The van der Waals surface area contributed by atoms with Crippen molar-refractivity contribution in [3.8, 4) is 0 Å².